The zero-order chi connectivity index (χ0) is 18.9. The molecule has 0 aliphatic heterocycles. The minimum Gasteiger partial charge on any atom is -0.481 e. The molecule has 0 saturated heterocycles. The average Bonchev–Trinajstić information content (AvgIpc) is 2.56. The maximum absolute atomic E-state index is 11.2. The molecule has 0 aromatic carbocycles. The predicted molar refractivity (Wildman–Crippen MR) is 110 cm³/mol. The molecule has 0 aliphatic carbocycles. The molecule has 0 bridgehead atoms. The van der Waals surface area contributed by atoms with Crippen molar-refractivity contribution in [3.05, 3.63) is 36.5 Å². The van der Waals surface area contributed by atoms with Crippen molar-refractivity contribution in [2.24, 2.45) is 17.8 Å². The number of carbonyl (C=O) groups is 1. The smallest absolute Gasteiger partial charge is 0.303 e. The summed E-state index contributed by atoms with van der Waals surface area (Å²) in [6.45, 7) is 8.74. The molecule has 25 heavy (non-hydrogen) atoms. The summed E-state index contributed by atoms with van der Waals surface area (Å²) in [6, 6.07) is 0. The standard InChI is InChI=1S/C23H40O2/c1-5-7-9-10-11-12-13-15-16-20(3)18-22(19-23(24)25)21(4)17-14-8-6-2/h5,7,10-11,13,15,20-22H,6,8-9,12,14,16-19H2,1-4H3,(H,24,25). The molecule has 0 spiro atoms. The lowest BCUT2D eigenvalue weighted by Crippen LogP contribution is -2.19. The minimum absolute atomic E-state index is 0.304. The van der Waals surface area contributed by atoms with Crippen LogP contribution in [0.2, 0.25) is 0 Å². The topological polar surface area (TPSA) is 37.3 Å². The molecule has 0 aliphatic rings. The van der Waals surface area contributed by atoms with E-state index in [4.69, 9.17) is 0 Å². The zero-order valence-electron chi connectivity index (χ0n) is 16.9. The highest BCUT2D eigenvalue weighted by molar-refractivity contribution is 5.67. The third-order valence-corrected chi connectivity index (χ3v) is 4.86. The van der Waals surface area contributed by atoms with E-state index >= 15 is 0 Å². The maximum atomic E-state index is 11.2. The van der Waals surface area contributed by atoms with Gasteiger partial charge in [0.2, 0.25) is 0 Å². The Morgan fingerprint density at radius 1 is 1.00 bits per heavy atom. The van der Waals surface area contributed by atoms with Crippen molar-refractivity contribution in [1.29, 1.82) is 0 Å². The Labute approximate surface area is 156 Å². The molecule has 0 amide bonds. The molecule has 2 heteroatoms. The number of unbranched alkanes of at least 4 members (excludes halogenated alkanes) is 2. The van der Waals surface area contributed by atoms with Gasteiger partial charge in [-0.05, 0) is 50.4 Å². The van der Waals surface area contributed by atoms with Crippen LogP contribution in [0.1, 0.15) is 85.5 Å². The molecule has 0 aromatic rings. The molecular formula is C23H40O2. The highest BCUT2D eigenvalue weighted by Gasteiger charge is 2.22. The highest BCUT2D eigenvalue weighted by Crippen LogP contribution is 2.29. The number of allylic oxidation sites excluding steroid dienone is 6. The molecule has 0 fully saturated rings. The van der Waals surface area contributed by atoms with Crippen molar-refractivity contribution < 1.29 is 9.90 Å². The molecule has 0 radical (unpaired) electrons. The Morgan fingerprint density at radius 2 is 1.64 bits per heavy atom. The fourth-order valence-electron chi connectivity index (χ4n) is 3.22. The monoisotopic (exact) mass is 348 g/mol. The Balaban J connectivity index is 4.24. The van der Waals surface area contributed by atoms with Crippen LogP contribution < -0.4 is 0 Å². The lowest BCUT2D eigenvalue weighted by molar-refractivity contribution is -0.138. The SMILES string of the molecule is CC=CCC=CCC=CCC(C)CC(CC(=O)O)C(C)CCCCC. The van der Waals surface area contributed by atoms with Gasteiger partial charge in [0.15, 0.2) is 0 Å². The zero-order valence-corrected chi connectivity index (χ0v) is 16.9. The van der Waals surface area contributed by atoms with Gasteiger partial charge in [-0.25, -0.2) is 0 Å². The third-order valence-electron chi connectivity index (χ3n) is 4.86. The van der Waals surface area contributed by atoms with Crippen LogP contribution in [-0.4, -0.2) is 11.1 Å². The van der Waals surface area contributed by atoms with Gasteiger partial charge >= 0.3 is 5.97 Å². The lowest BCUT2D eigenvalue weighted by atomic mass is 9.80. The second kappa shape index (κ2) is 16.2. The number of aliphatic carboxylic acids is 1. The maximum Gasteiger partial charge on any atom is 0.303 e. The summed E-state index contributed by atoms with van der Waals surface area (Å²) < 4.78 is 0. The second-order valence-electron chi connectivity index (χ2n) is 7.39. The van der Waals surface area contributed by atoms with E-state index in [1.807, 2.05) is 6.92 Å². The molecular weight excluding hydrogens is 308 g/mol. The van der Waals surface area contributed by atoms with Crippen LogP contribution >= 0.6 is 0 Å². The van der Waals surface area contributed by atoms with E-state index < -0.39 is 5.97 Å². The first-order chi connectivity index (χ1) is 12.0. The van der Waals surface area contributed by atoms with Crippen LogP contribution in [0, 0.1) is 17.8 Å². The van der Waals surface area contributed by atoms with E-state index in [0.717, 1.165) is 32.1 Å². The van der Waals surface area contributed by atoms with E-state index in [0.29, 0.717) is 24.2 Å². The first-order valence-corrected chi connectivity index (χ1v) is 10.1. The quantitative estimate of drug-likeness (QED) is 0.251. The Morgan fingerprint density at radius 3 is 2.24 bits per heavy atom. The van der Waals surface area contributed by atoms with E-state index in [-0.39, 0.29) is 0 Å². The molecule has 0 rings (SSSR count). The molecule has 3 atom stereocenters. The molecule has 2 nitrogen and oxygen atoms in total. The van der Waals surface area contributed by atoms with Crippen LogP contribution in [0.25, 0.3) is 0 Å². The number of carboxylic acid groups (broad SMARTS) is 1. The fourth-order valence-corrected chi connectivity index (χ4v) is 3.22. The molecule has 0 saturated carbocycles. The molecule has 3 unspecified atom stereocenters. The Bertz CT molecular complexity index is 406. The number of rotatable bonds is 15. The van der Waals surface area contributed by atoms with Crippen molar-refractivity contribution >= 4 is 5.97 Å². The first kappa shape index (κ1) is 23.7. The summed E-state index contributed by atoms with van der Waals surface area (Å²) in [6.07, 6.45) is 22.3. The van der Waals surface area contributed by atoms with Crippen molar-refractivity contribution in [3.8, 4) is 0 Å². The Kier molecular flexibility index (Phi) is 15.3. The fraction of sp³-hybridized carbons (Fsp3) is 0.696. The third kappa shape index (κ3) is 14.7. The van der Waals surface area contributed by atoms with Crippen molar-refractivity contribution in [1.82, 2.24) is 0 Å². The largest absolute Gasteiger partial charge is 0.481 e. The van der Waals surface area contributed by atoms with Gasteiger partial charge in [-0.1, -0.05) is 82.9 Å². The normalized spacial score (nSPS) is 16.0. The van der Waals surface area contributed by atoms with E-state index in [2.05, 4.69) is 57.2 Å². The van der Waals surface area contributed by atoms with Crippen molar-refractivity contribution in [3.63, 3.8) is 0 Å². The first-order valence-electron chi connectivity index (χ1n) is 10.1. The van der Waals surface area contributed by atoms with E-state index in [9.17, 15) is 9.90 Å². The summed E-state index contributed by atoms with van der Waals surface area (Å²) >= 11 is 0. The summed E-state index contributed by atoms with van der Waals surface area (Å²) in [4.78, 5) is 11.2. The molecule has 144 valence electrons. The van der Waals surface area contributed by atoms with Gasteiger partial charge in [-0.2, -0.15) is 0 Å². The van der Waals surface area contributed by atoms with Gasteiger partial charge in [-0.3, -0.25) is 4.79 Å². The molecule has 0 aromatic heterocycles. The van der Waals surface area contributed by atoms with Gasteiger partial charge in [0, 0.05) is 6.42 Å². The lowest BCUT2D eigenvalue weighted by Gasteiger charge is -2.25. The minimum atomic E-state index is -0.652. The number of carboxylic acids is 1. The van der Waals surface area contributed by atoms with Gasteiger partial charge in [0.25, 0.3) is 0 Å². The van der Waals surface area contributed by atoms with Crippen molar-refractivity contribution in [2.75, 3.05) is 0 Å². The van der Waals surface area contributed by atoms with Crippen LogP contribution in [0.3, 0.4) is 0 Å². The van der Waals surface area contributed by atoms with Gasteiger partial charge in [-0.15, -0.1) is 0 Å². The van der Waals surface area contributed by atoms with Crippen molar-refractivity contribution in [2.45, 2.75) is 85.5 Å². The summed E-state index contributed by atoms with van der Waals surface area (Å²) in [5.41, 5.74) is 0. The number of hydrogen-bond donors (Lipinski definition) is 1. The van der Waals surface area contributed by atoms with Crippen LogP contribution in [0.15, 0.2) is 36.5 Å². The molecule has 0 heterocycles. The average molecular weight is 349 g/mol. The second-order valence-corrected chi connectivity index (χ2v) is 7.39. The molecule has 1 N–H and O–H groups in total. The van der Waals surface area contributed by atoms with Crippen LogP contribution in [0.4, 0.5) is 0 Å². The van der Waals surface area contributed by atoms with Gasteiger partial charge in [0.05, 0.1) is 0 Å². The highest BCUT2D eigenvalue weighted by atomic mass is 16.4. The Hall–Kier alpha value is -1.31. The predicted octanol–water partition coefficient (Wildman–Crippen LogP) is 7.18. The van der Waals surface area contributed by atoms with E-state index in [1.165, 1.54) is 19.3 Å². The van der Waals surface area contributed by atoms with E-state index in [1.54, 1.807) is 0 Å². The summed E-state index contributed by atoms with van der Waals surface area (Å²) in [5, 5.41) is 9.23. The number of hydrogen-bond acceptors (Lipinski definition) is 1. The van der Waals surface area contributed by atoms with Gasteiger partial charge in [0.1, 0.15) is 0 Å². The van der Waals surface area contributed by atoms with Crippen LogP contribution in [0.5, 0.6) is 0 Å². The summed E-state index contributed by atoms with van der Waals surface area (Å²) in [5.74, 6) is 0.699. The van der Waals surface area contributed by atoms with Gasteiger partial charge < -0.3 is 5.11 Å². The van der Waals surface area contributed by atoms with Crippen LogP contribution in [-0.2, 0) is 4.79 Å². The summed E-state index contributed by atoms with van der Waals surface area (Å²) in [7, 11) is 0.